The molecule has 8 nitrogen and oxygen atoms in total. The molecule has 1 aliphatic carbocycles. The van der Waals surface area contributed by atoms with Crippen molar-refractivity contribution in [2.45, 2.75) is 83.4 Å². The van der Waals surface area contributed by atoms with Gasteiger partial charge in [-0.1, -0.05) is 19.3 Å². The zero-order valence-corrected chi connectivity index (χ0v) is 23.5. The molecule has 2 fully saturated rings. The number of likely N-dealkylation sites (tertiary alicyclic amines) is 1. The van der Waals surface area contributed by atoms with E-state index in [1.165, 1.54) is 32.1 Å². The van der Waals surface area contributed by atoms with Gasteiger partial charge in [0.25, 0.3) is 5.91 Å². The summed E-state index contributed by atoms with van der Waals surface area (Å²) < 4.78 is 10.6. The Morgan fingerprint density at radius 2 is 1.68 bits per heavy atom. The maximum absolute atomic E-state index is 13.2. The molecule has 0 spiro atoms. The molecule has 2 N–H and O–H groups in total. The Balaban J connectivity index is 1.51. The number of rotatable bonds is 9. The van der Waals surface area contributed by atoms with Crippen LogP contribution in [0.1, 0.15) is 76.1 Å². The van der Waals surface area contributed by atoms with Crippen LogP contribution in [0.25, 0.3) is 0 Å². The first-order valence-electron chi connectivity index (χ1n) is 13.5. The summed E-state index contributed by atoms with van der Waals surface area (Å²) in [6.07, 6.45) is 7.14. The summed E-state index contributed by atoms with van der Waals surface area (Å²) in [6.45, 7) is 6.55. The molecule has 0 aromatic heterocycles. The van der Waals surface area contributed by atoms with Gasteiger partial charge in [0.2, 0.25) is 5.91 Å². The molecular formula is C28H43N3O5S. The molecule has 37 heavy (non-hydrogen) atoms. The van der Waals surface area contributed by atoms with E-state index >= 15 is 0 Å². The van der Waals surface area contributed by atoms with Gasteiger partial charge in [-0.15, -0.1) is 0 Å². The number of nitrogens with one attached hydrogen (secondary N) is 2. The van der Waals surface area contributed by atoms with Gasteiger partial charge < -0.3 is 25.0 Å². The lowest BCUT2D eigenvalue weighted by Gasteiger charge is -2.33. The van der Waals surface area contributed by atoms with E-state index < -0.39 is 17.7 Å². The first-order chi connectivity index (χ1) is 17.6. The minimum Gasteiger partial charge on any atom is -0.497 e. The number of benzene rings is 1. The van der Waals surface area contributed by atoms with Crippen molar-refractivity contribution in [1.29, 1.82) is 0 Å². The molecule has 1 heterocycles. The average Bonchev–Trinajstić information content (AvgIpc) is 2.87. The first kappa shape index (κ1) is 29.1. The number of ether oxygens (including phenoxy) is 2. The van der Waals surface area contributed by atoms with Gasteiger partial charge in [0.05, 0.1) is 7.11 Å². The fraction of sp³-hybridized carbons (Fsp3) is 0.679. The molecule has 1 atom stereocenters. The third kappa shape index (κ3) is 9.76. The van der Waals surface area contributed by atoms with Crippen LogP contribution in [-0.2, 0) is 9.53 Å². The lowest BCUT2D eigenvalue weighted by atomic mass is 9.91. The summed E-state index contributed by atoms with van der Waals surface area (Å²) in [5.41, 5.74) is -0.0104. The van der Waals surface area contributed by atoms with Crippen LogP contribution in [-0.4, -0.2) is 72.2 Å². The summed E-state index contributed by atoms with van der Waals surface area (Å²) in [5.74, 6) is 2.71. The number of nitrogens with zero attached hydrogens (tertiary/aromatic N) is 1. The van der Waals surface area contributed by atoms with Gasteiger partial charge in [-0.2, -0.15) is 11.8 Å². The molecule has 1 aromatic carbocycles. The molecule has 206 valence electrons. The minimum absolute atomic E-state index is 0.0176. The number of thioether (sulfide) groups is 1. The van der Waals surface area contributed by atoms with Crippen LogP contribution in [0.5, 0.6) is 5.75 Å². The zero-order chi connectivity index (χ0) is 26.8. The predicted octanol–water partition coefficient (Wildman–Crippen LogP) is 4.62. The number of piperidine rings is 1. The van der Waals surface area contributed by atoms with Crippen LogP contribution < -0.4 is 15.4 Å². The van der Waals surface area contributed by atoms with E-state index in [0.29, 0.717) is 48.9 Å². The van der Waals surface area contributed by atoms with Crippen LogP contribution in [0.2, 0.25) is 0 Å². The largest absolute Gasteiger partial charge is 0.497 e. The number of alkyl carbamates (subject to hydrolysis) is 1. The van der Waals surface area contributed by atoms with Crippen molar-refractivity contribution in [2.24, 2.45) is 5.92 Å². The van der Waals surface area contributed by atoms with Crippen LogP contribution in [0, 0.1) is 5.92 Å². The Morgan fingerprint density at radius 1 is 1.03 bits per heavy atom. The monoisotopic (exact) mass is 533 g/mol. The van der Waals surface area contributed by atoms with Crippen molar-refractivity contribution in [1.82, 2.24) is 15.5 Å². The van der Waals surface area contributed by atoms with Gasteiger partial charge in [-0.25, -0.2) is 4.79 Å². The molecule has 1 unspecified atom stereocenters. The van der Waals surface area contributed by atoms with Crippen molar-refractivity contribution in [3.8, 4) is 5.75 Å². The molecular weight excluding hydrogens is 490 g/mol. The lowest BCUT2D eigenvalue weighted by molar-refractivity contribution is -0.123. The van der Waals surface area contributed by atoms with E-state index in [0.717, 1.165) is 5.75 Å². The first-order valence-corrected chi connectivity index (χ1v) is 14.6. The fourth-order valence-electron chi connectivity index (χ4n) is 4.78. The van der Waals surface area contributed by atoms with Gasteiger partial charge >= 0.3 is 6.09 Å². The Labute approximate surface area is 225 Å². The lowest BCUT2D eigenvalue weighted by Crippen LogP contribution is -2.54. The highest BCUT2D eigenvalue weighted by Gasteiger charge is 2.29. The smallest absolute Gasteiger partial charge is 0.408 e. The zero-order valence-electron chi connectivity index (χ0n) is 22.7. The highest BCUT2D eigenvalue weighted by Crippen LogP contribution is 2.27. The number of hydrogen-bond acceptors (Lipinski definition) is 6. The van der Waals surface area contributed by atoms with Crippen LogP contribution >= 0.6 is 11.8 Å². The highest BCUT2D eigenvalue weighted by molar-refractivity contribution is 7.99. The molecule has 3 rings (SSSR count). The Hall–Kier alpha value is -2.42. The van der Waals surface area contributed by atoms with Crippen molar-refractivity contribution in [2.75, 3.05) is 31.7 Å². The van der Waals surface area contributed by atoms with E-state index in [-0.39, 0.29) is 17.9 Å². The molecule has 2 aliphatic rings. The van der Waals surface area contributed by atoms with E-state index in [2.05, 4.69) is 10.6 Å². The Morgan fingerprint density at radius 3 is 2.27 bits per heavy atom. The second kappa shape index (κ2) is 13.9. The molecule has 3 amide bonds. The number of hydrogen-bond donors (Lipinski definition) is 2. The third-order valence-corrected chi connectivity index (χ3v) is 8.11. The number of methoxy groups -OCH3 is 1. The highest BCUT2D eigenvalue weighted by atomic mass is 32.2. The van der Waals surface area contributed by atoms with E-state index in [4.69, 9.17) is 9.47 Å². The summed E-state index contributed by atoms with van der Waals surface area (Å²) in [6, 6.07) is 6.40. The van der Waals surface area contributed by atoms with Gasteiger partial charge in [0.1, 0.15) is 17.4 Å². The van der Waals surface area contributed by atoms with Crippen molar-refractivity contribution in [3.63, 3.8) is 0 Å². The number of amides is 3. The van der Waals surface area contributed by atoms with E-state index in [9.17, 15) is 14.4 Å². The standard InChI is InChI=1S/C28H43N3O5S/c1-28(2,3)36-27(34)30-24(19-37-18-20-8-6-5-7-9-20)25(32)29-22-14-16-31(17-15-22)26(33)21-10-12-23(35-4)13-11-21/h10-13,20,22,24H,5-9,14-19H2,1-4H3,(H,29,32)(H,30,34). The molecule has 1 saturated heterocycles. The van der Waals surface area contributed by atoms with E-state index in [1.54, 1.807) is 63.9 Å². The van der Waals surface area contributed by atoms with E-state index in [1.807, 2.05) is 4.90 Å². The normalized spacial score (nSPS) is 18.1. The number of carbonyl (C=O) groups is 3. The molecule has 1 aromatic rings. The Kier molecular flexibility index (Phi) is 11.0. The topological polar surface area (TPSA) is 97.0 Å². The molecule has 0 bridgehead atoms. The summed E-state index contributed by atoms with van der Waals surface area (Å²) in [5, 5.41) is 5.90. The van der Waals surface area contributed by atoms with Crippen molar-refractivity contribution < 1.29 is 23.9 Å². The quantitative estimate of drug-likeness (QED) is 0.481. The average molecular weight is 534 g/mol. The van der Waals surface area contributed by atoms with Gasteiger partial charge in [0.15, 0.2) is 0 Å². The van der Waals surface area contributed by atoms with Crippen LogP contribution in [0.4, 0.5) is 4.79 Å². The van der Waals surface area contributed by atoms with Gasteiger partial charge in [-0.3, -0.25) is 9.59 Å². The molecule has 0 radical (unpaired) electrons. The summed E-state index contributed by atoms with van der Waals surface area (Å²) in [4.78, 5) is 40.3. The third-order valence-electron chi connectivity index (χ3n) is 6.84. The fourth-order valence-corrected chi connectivity index (χ4v) is 6.06. The molecule has 9 heteroatoms. The van der Waals surface area contributed by atoms with Gasteiger partial charge in [-0.05, 0) is 82.4 Å². The predicted molar refractivity (Wildman–Crippen MR) is 147 cm³/mol. The summed E-state index contributed by atoms with van der Waals surface area (Å²) >= 11 is 1.73. The van der Waals surface area contributed by atoms with Crippen LogP contribution in [0.3, 0.4) is 0 Å². The summed E-state index contributed by atoms with van der Waals surface area (Å²) in [7, 11) is 1.60. The van der Waals surface area contributed by atoms with Crippen LogP contribution in [0.15, 0.2) is 24.3 Å². The molecule has 1 saturated carbocycles. The second-order valence-electron chi connectivity index (χ2n) is 11.0. The second-order valence-corrected chi connectivity index (χ2v) is 12.1. The Bertz CT molecular complexity index is 888. The molecule has 1 aliphatic heterocycles. The maximum atomic E-state index is 13.2. The van der Waals surface area contributed by atoms with Crippen molar-refractivity contribution in [3.05, 3.63) is 29.8 Å². The van der Waals surface area contributed by atoms with Gasteiger partial charge in [0, 0.05) is 30.4 Å². The van der Waals surface area contributed by atoms with Crippen molar-refractivity contribution >= 4 is 29.7 Å². The maximum Gasteiger partial charge on any atom is 0.408 e. The number of carbonyl (C=O) groups excluding carboxylic acids is 3. The SMILES string of the molecule is COc1ccc(C(=O)N2CCC(NC(=O)C(CSCC3CCCCC3)NC(=O)OC(C)(C)C)CC2)cc1. The minimum atomic E-state index is -0.664.